The summed E-state index contributed by atoms with van der Waals surface area (Å²) in [4.78, 5) is 21.1. The average molecular weight is 177 g/mol. The fourth-order valence-electron chi connectivity index (χ4n) is 0.619. The number of carboxylic acid groups (broad SMARTS) is 1. The lowest BCUT2D eigenvalue weighted by atomic mass is 10.3. The van der Waals surface area contributed by atoms with Crippen molar-refractivity contribution in [3.63, 3.8) is 0 Å². The van der Waals surface area contributed by atoms with E-state index in [2.05, 4.69) is 9.46 Å². The fraction of sp³-hybridized carbons (Fsp3) is 0.600. The molecule has 2 atom stereocenters. The predicted molar refractivity (Wildman–Crippen MR) is 37.7 cm³/mol. The third-order valence-corrected chi connectivity index (χ3v) is 1.92. The normalized spacial score (nSPS) is 31.2. The zero-order valence-electron chi connectivity index (χ0n) is 5.73. The van der Waals surface area contributed by atoms with Gasteiger partial charge in [-0.3, -0.25) is 0 Å². The molecule has 1 heterocycles. The molecular formula is C5H7NO4S. The summed E-state index contributed by atoms with van der Waals surface area (Å²) in [5.74, 6) is -1.95. The maximum Gasteiger partial charge on any atom is 0.336 e. The van der Waals surface area contributed by atoms with Crippen molar-refractivity contribution in [1.82, 2.24) is 4.72 Å². The van der Waals surface area contributed by atoms with Crippen LogP contribution in [0.4, 0.5) is 0 Å². The minimum absolute atomic E-state index is 0.321. The number of hydrogen-bond donors (Lipinski definition) is 2. The van der Waals surface area contributed by atoms with Crippen LogP contribution in [-0.4, -0.2) is 28.5 Å². The van der Waals surface area contributed by atoms with E-state index in [9.17, 15) is 9.59 Å². The smallest absolute Gasteiger partial charge is 0.336 e. The van der Waals surface area contributed by atoms with Crippen molar-refractivity contribution < 1.29 is 19.4 Å². The summed E-state index contributed by atoms with van der Waals surface area (Å²) in [7, 11) is 0. The topological polar surface area (TPSA) is 75.6 Å². The van der Waals surface area contributed by atoms with Gasteiger partial charge in [0.1, 0.15) is 0 Å². The summed E-state index contributed by atoms with van der Waals surface area (Å²) in [6.45, 7) is 1.66. The Morgan fingerprint density at radius 1 is 1.82 bits per heavy atom. The number of carbonyl (C=O) groups is 2. The van der Waals surface area contributed by atoms with Gasteiger partial charge in [0.15, 0.2) is 5.44 Å². The molecule has 62 valence electrons. The van der Waals surface area contributed by atoms with Crippen LogP contribution in [0.2, 0.25) is 0 Å². The van der Waals surface area contributed by atoms with Gasteiger partial charge in [-0.25, -0.2) is 14.3 Å². The molecular weight excluding hydrogens is 170 g/mol. The van der Waals surface area contributed by atoms with E-state index in [0.717, 1.165) is 11.9 Å². The highest BCUT2D eigenvalue weighted by atomic mass is 32.2. The molecule has 11 heavy (non-hydrogen) atoms. The summed E-state index contributed by atoms with van der Waals surface area (Å²) < 4.78 is 7.10. The number of rotatable bonds is 1. The minimum Gasteiger partial charge on any atom is -0.480 e. The molecule has 1 aliphatic rings. The lowest BCUT2D eigenvalue weighted by molar-refractivity contribution is -0.156. The number of carbonyl (C=O) groups excluding carboxylic acids is 1. The first-order valence-corrected chi connectivity index (χ1v) is 3.83. The molecule has 2 unspecified atom stereocenters. The van der Waals surface area contributed by atoms with E-state index in [-0.39, 0.29) is 5.44 Å². The average Bonchev–Trinajstić information content (AvgIpc) is 1.85. The number of hydrogen-bond acceptors (Lipinski definition) is 5. The van der Waals surface area contributed by atoms with E-state index in [1.54, 1.807) is 6.92 Å². The molecule has 1 aliphatic heterocycles. The Morgan fingerprint density at radius 2 is 2.45 bits per heavy atom. The Hall–Kier alpha value is -0.750. The summed E-state index contributed by atoms with van der Waals surface area (Å²) in [6, 6.07) is -1.23. The predicted octanol–water partition coefficient (Wildman–Crippen LogP) is -0.420. The number of aliphatic carboxylic acids is 1. The van der Waals surface area contributed by atoms with Gasteiger partial charge >= 0.3 is 11.9 Å². The second-order valence-electron chi connectivity index (χ2n) is 2.01. The third kappa shape index (κ3) is 1.84. The quantitative estimate of drug-likeness (QED) is 0.322. The van der Waals surface area contributed by atoms with Crippen LogP contribution < -0.4 is 4.72 Å². The highest BCUT2D eigenvalue weighted by Gasteiger charge is 2.33. The molecule has 0 radical (unpaired) electrons. The van der Waals surface area contributed by atoms with Gasteiger partial charge in [0, 0.05) is 0 Å². The van der Waals surface area contributed by atoms with Crippen molar-refractivity contribution in [3.05, 3.63) is 0 Å². The second-order valence-corrected chi connectivity index (χ2v) is 3.15. The lowest BCUT2D eigenvalue weighted by Crippen LogP contribution is -2.46. The van der Waals surface area contributed by atoms with E-state index >= 15 is 0 Å². The molecule has 0 saturated carbocycles. The zero-order chi connectivity index (χ0) is 8.43. The Labute approximate surface area is 67.2 Å². The fourth-order valence-corrected chi connectivity index (χ4v) is 1.29. The number of carboxylic acids is 1. The van der Waals surface area contributed by atoms with Crippen molar-refractivity contribution in [1.29, 1.82) is 0 Å². The molecule has 1 saturated heterocycles. The van der Waals surface area contributed by atoms with E-state index in [1.807, 2.05) is 0 Å². The highest BCUT2D eigenvalue weighted by molar-refractivity contribution is 7.98. The number of ether oxygens (including phenoxy) is 1. The monoisotopic (exact) mass is 177 g/mol. The third-order valence-electron chi connectivity index (χ3n) is 1.12. The Balaban J connectivity index is 2.58. The molecule has 0 aromatic heterocycles. The summed E-state index contributed by atoms with van der Waals surface area (Å²) in [5.41, 5.74) is -0.321. The van der Waals surface area contributed by atoms with Crippen LogP contribution in [-0.2, 0) is 14.3 Å². The molecule has 0 bridgehead atoms. The van der Waals surface area contributed by atoms with Crippen molar-refractivity contribution in [2.24, 2.45) is 0 Å². The van der Waals surface area contributed by atoms with Gasteiger partial charge in [-0.05, 0) is 18.9 Å². The number of esters is 1. The van der Waals surface area contributed by atoms with Crippen molar-refractivity contribution >= 4 is 23.9 Å². The molecule has 1 rings (SSSR count). The zero-order valence-corrected chi connectivity index (χ0v) is 6.55. The van der Waals surface area contributed by atoms with Crippen LogP contribution in [0.1, 0.15) is 6.92 Å². The first-order chi connectivity index (χ1) is 5.11. The maximum absolute atomic E-state index is 10.8. The van der Waals surface area contributed by atoms with Crippen LogP contribution in [0.3, 0.4) is 0 Å². The van der Waals surface area contributed by atoms with Crippen molar-refractivity contribution in [2.75, 3.05) is 0 Å². The first-order valence-electron chi connectivity index (χ1n) is 2.95. The second kappa shape index (κ2) is 3.10. The largest absolute Gasteiger partial charge is 0.480 e. The molecule has 2 N–H and O–H groups in total. The summed E-state index contributed by atoms with van der Waals surface area (Å²) in [6.07, 6.45) is 0. The standard InChI is InChI=1S/C5H7NO4S/c1-2-10-5(9)3(4(7)8)6-11-2/h2-3,6H,1H3,(H,7,8). The van der Waals surface area contributed by atoms with Gasteiger partial charge in [-0.1, -0.05) is 0 Å². The molecule has 6 heteroatoms. The van der Waals surface area contributed by atoms with Gasteiger partial charge < -0.3 is 9.84 Å². The molecule has 5 nitrogen and oxygen atoms in total. The van der Waals surface area contributed by atoms with Gasteiger partial charge in [0.25, 0.3) is 0 Å². The van der Waals surface area contributed by atoms with E-state index < -0.39 is 18.0 Å². The van der Waals surface area contributed by atoms with Gasteiger partial charge in [-0.2, -0.15) is 0 Å². The van der Waals surface area contributed by atoms with Crippen molar-refractivity contribution in [2.45, 2.75) is 18.4 Å². The Morgan fingerprint density at radius 3 is 2.91 bits per heavy atom. The van der Waals surface area contributed by atoms with Crippen LogP contribution >= 0.6 is 11.9 Å². The van der Waals surface area contributed by atoms with Gasteiger partial charge in [0.05, 0.1) is 0 Å². The van der Waals surface area contributed by atoms with Crippen LogP contribution in [0.25, 0.3) is 0 Å². The minimum atomic E-state index is -1.23. The van der Waals surface area contributed by atoms with E-state index in [4.69, 9.17) is 5.11 Å². The molecule has 1 fully saturated rings. The maximum atomic E-state index is 10.8. The molecule has 0 aromatic carbocycles. The van der Waals surface area contributed by atoms with Gasteiger partial charge in [-0.15, -0.1) is 0 Å². The van der Waals surface area contributed by atoms with E-state index in [0.29, 0.717) is 0 Å². The summed E-state index contributed by atoms with van der Waals surface area (Å²) >= 11 is 1.08. The van der Waals surface area contributed by atoms with Gasteiger partial charge in [0.2, 0.25) is 6.04 Å². The Kier molecular flexibility index (Phi) is 2.35. The lowest BCUT2D eigenvalue weighted by Gasteiger charge is -2.23. The molecule has 0 aromatic rings. The number of nitrogens with one attached hydrogen (secondary N) is 1. The molecule has 0 spiro atoms. The molecule has 0 amide bonds. The number of cyclic esters (lactones) is 1. The van der Waals surface area contributed by atoms with Crippen LogP contribution in [0.5, 0.6) is 0 Å². The molecule has 0 aliphatic carbocycles. The Bertz CT molecular complexity index is 195. The van der Waals surface area contributed by atoms with Crippen LogP contribution in [0.15, 0.2) is 0 Å². The van der Waals surface area contributed by atoms with Crippen LogP contribution in [0, 0.1) is 0 Å². The van der Waals surface area contributed by atoms with Crippen molar-refractivity contribution in [3.8, 4) is 0 Å². The SMILES string of the molecule is CC1OC(=O)C(C(=O)O)NS1. The highest BCUT2D eigenvalue weighted by Crippen LogP contribution is 2.15. The van der Waals surface area contributed by atoms with E-state index in [1.165, 1.54) is 0 Å². The first kappa shape index (κ1) is 8.35. The summed E-state index contributed by atoms with van der Waals surface area (Å²) in [5, 5.41) is 8.42.